The zero-order chi connectivity index (χ0) is 14.1. The topological polar surface area (TPSA) is 21.3 Å². The largest absolute Gasteiger partial charge is 0.381 e. The van der Waals surface area contributed by atoms with Gasteiger partial charge >= 0.3 is 0 Å². The molecule has 1 aromatic carbocycles. The average Bonchev–Trinajstić information content (AvgIpc) is 2.37. The van der Waals surface area contributed by atoms with Gasteiger partial charge in [0.05, 0.1) is 0 Å². The van der Waals surface area contributed by atoms with Crippen LogP contribution in [0.25, 0.3) is 0 Å². The van der Waals surface area contributed by atoms with E-state index in [2.05, 4.69) is 19.2 Å². The number of alkyl halides is 2. The van der Waals surface area contributed by atoms with Gasteiger partial charge in [-0.05, 0) is 30.5 Å². The van der Waals surface area contributed by atoms with E-state index in [1.54, 1.807) is 12.1 Å². The number of halogens is 2. The Morgan fingerprint density at radius 2 is 2.05 bits per heavy atom. The quantitative estimate of drug-likeness (QED) is 0.690. The number of ether oxygens (including phenoxy) is 1. The van der Waals surface area contributed by atoms with Crippen LogP contribution in [0.4, 0.5) is 8.78 Å². The monoisotopic (exact) mass is 271 g/mol. The van der Waals surface area contributed by atoms with Crippen LogP contribution in [0.5, 0.6) is 0 Å². The van der Waals surface area contributed by atoms with E-state index in [4.69, 9.17) is 4.74 Å². The molecule has 0 aliphatic rings. The van der Waals surface area contributed by atoms with Crippen molar-refractivity contribution in [2.75, 3.05) is 19.8 Å². The Labute approximate surface area is 114 Å². The molecule has 2 nitrogen and oxygen atoms in total. The van der Waals surface area contributed by atoms with Gasteiger partial charge in [0.15, 0.2) is 0 Å². The Morgan fingerprint density at radius 3 is 2.74 bits per heavy atom. The first kappa shape index (κ1) is 16.1. The van der Waals surface area contributed by atoms with Crippen LogP contribution in [0.3, 0.4) is 0 Å². The summed E-state index contributed by atoms with van der Waals surface area (Å²) in [5, 5.41) is 3.23. The maximum Gasteiger partial charge on any atom is 0.263 e. The molecule has 4 heteroatoms. The van der Waals surface area contributed by atoms with Crippen molar-refractivity contribution in [3.63, 3.8) is 0 Å². The zero-order valence-electron chi connectivity index (χ0n) is 11.7. The van der Waals surface area contributed by atoms with Crippen molar-refractivity contribution in [3.05, 3.63) is 35.4 Å². The SMILES string of the molecule is CC(C)COCCCNCc1cccc(C(F)F)c1. The summed E-state index contributed by atoms with van der Waals surface area (Å²) >= 11 is 0. The number of nitrogens with one attached hydrogen (secondary N) is 1. The zero-order valence-corrected chi connectivity index (χ0v) is 11.7. The molecule has 108 valence electrons. The van der Waals surface area contributed by atoms with E-state index < -0.39 is 6.43 Å². The third kappa shape index (κ3) is 7.23. The molecule has 0 fully saturated rings. The summed E-state index contributed by atoms with van der Waals surface area (Å²) in [5.41, 5.74) is 0.973. The minimum absolute atomic E-state index is 0.0829. The van der Waals surface area contributed by atoms with Gasteiger partial charge in [-0.25, -0.2) is 8.78 Å². The Bertz CT molecular complexity index is 356. The van der Waals surface area contributed by atoms with E-state index in [0.717, 1.165) is 31.7 Å². The van der Waals surface area contributed by atoms with Crippen molar-refractivity contribution in [1.29, 1.82) is 0 Å². The molecule has 0 saturated carbocycles. The number of rotatable bonds is 9. The predicted molar refractivity (Wildman–Crippen MR) is 73.4 cm³/mol. The second-order valence-electron chi connectivity index (χ2n) is 5.04. The smallest absolute Gasteiger partial charge is 0.263 e. The van der Waals surface area contributed by atoms with Crippen LogP contribution in [-0.4, -0.2) is 19.8 Å². The summed E-state index contributed by atoms with van der Waals surface area (Å²) in [6, 6.07) is 6.53. The molecular weight excluding hydrogens is 248 g/mol. The number of hydrogen-bond acceptors (Lipinski definition) is 2. The molecule has 0 aliphatic heterocycles. The summed E-state index contributed by atoms with van der Waals surface area (Å²) in [5.74, 6) is 0.560. The minimum Gasteiger partial charge on any atom is -0.381 e. The van der Waals surface area contributed by atoms with Gasteiger partial charge in [-0.3, -0.25) is 0 Å². The molecule has 1 aromatic rings. The molecule has 0 radical (unpaired) electrons. The Kier molecular flexibility index (Phi) is 7.60. The van der Waals surface area contributed by atoms with Crippen molar-refractivity contribution >= 4 is 0 Å². The lowest BCUT2D eigenvalue weighted by Crippen LogP contribution is -2.17. The highest BCUT2D eigenvalue weighted by Crippen LogP contribution is 2.19. The van der Waals surface area contributed by atoms with Crippen LogP contribution >= 0.6 is 0 Å². The highest BCUT2D eigenvalue weighted by molar-refractivity contribution is 5.24. The van der Waals surface area contributed by atoms with E-state index in [1.807, 2.05) is 6.07 Å². The van der Waals surface area contributed by atoms with Crippen LogP contribution < -0.4 is 5.32 Å². The molecule has 0 amide bonds. The first-order valence-electron chi connectivity index (χ1n) is 6.75. The third-order valence-corrected chi connectivity index (χ3v) is 2.63. The highest BCUT2D eigenvalue weighted by Gasteiger charge is 2.06. The molecule has 1 N–H and O–H groups in total. The fourth-order valence-corrected chi connectivity index (χ4v) is 1.69. The van der Waals surface area contributed by atoms with Crippen LogP contribution in [0.15, 0.2) is 24.3 Å². The van der Waals surface area contributed by atoms with Crippen LogP contribution in [0.2, 0.25) is 0 Å². The van der Waals surface area contributed by atoms with Crippen molar-refractivity contribution in [1.82, 2.24) is 5.32 Å². The van der Waals surface area contributed by atoms with Crippen molar-refractivity contribution in [2.24, 2.45) is 5.92 Å². The van der Waals surface area contributed by atoms with Gasteiger partial charge in [0, 0.05) is 25.3 Å². The molecule has 0 unspecified atom stereocenters. The van der Waals surface area contributed by atoms with Gasteiger partial charge in [-0.15, -0.1) is 0 Å². The molecule has 0 aromatic heterocycles. The normalized spacial score (nSPS) is 11.5. The molecule has 0 saturated heterocycles. The summed E-state index contributed by atoms with van der Waals surface area (Å²) in [7, 11) is 0. The first-order chi connectivity index (χ1) is 9.09. The molecule has 0 aliphatic carbocycles. The summed E-state index contributed by atoms with van der Waals surface area (Å²) in [6.45, 7) is 7.21. The van der Waals surface area contributed by atoms with Crippen LogP contribution in [0, 0.1) is 5.92 Å². The molecule has 0 atom stereocenters. The third-order valence-electron chi connectivity index (χ3n) is 2.63. The van der Waals surface area contributed by atoms with Gasteiger partial charge in [0.25, 0.3) is 6.43 Å². The van der Waals surface area contributed by atoms with E-state index in [-0.39, 0.29) is 5.56 Å². The Morgan fingerprint density at radius 1 is 1.26 bits per heavy atom. The Balaban J connectivity index is 2.14. The molecular formula is C15H23F2NO. The highest BCUT2D eigenvalue weighted by atomic mass is 19.3. The standard InChI is InChI=1S/C15H23F2NO/c1-12(2)11-19-8-4-7-18-10-13-5-3-6-14(9-13)15(16)17/h3,5-6,9,12,15,18H,4,7-8,10-11H2,1-2H3. The van der Waals surface area contributed by atoms with E-state index >= 15 is 0 Å². The fraction of sp³-hybridized carbons (Fsp3) is 0.600. The van der Waals surface area contributed by atoms with Gasteiger partial charge in [-0.1, -0.05) is 32.0 Å². The molecule has 0 spiro atoms. The lowest BCUT2D eigenvalue weighted by Gasteiger charge is -2.08. The maximum absolute atomic E-state index is 12.5. The predicted octanol–water partition coefficient (Wildman–Crippen LogP) is 3.78. The Hall–Kier alpha value is -1.00. The van der Waals surface area contributed by atoms with E-state index in [1.165, 1.54) is 6.07 Å². The lowest BCUT2D eigenvalue weighted by molar-refractivity contribution is 0.108. The van der Waals surface area contributed by atoms with E-state index in [9.17, 15) is 8.78 Å². The summed E-state index contributed by atoms with van der Waals surface area (Å²) in [4.78, 5) is 0. The number of hydrogen-bond donors (Lipinski definition) is 1. The van der Waals surface area contributed by atoms with Gasteiger partial charge in [0.1, 0.15) is 0 Å². The van der Waals surface area contributed by atoms with Crippen molar-refractivity contribution < 1.29 is 13.5 Å². The second kappa shape index (κ2) is 8.99. The van der Waals surface area contributed by atoms with Gasteiger partial charge in [-0.2, -0.15) is 0 Å². The molecule has 1 rings (SSSR count). The average molecular weight is 271 g/mol. The van der Waals surface area contributed by atoms with Gasteiger partial charge < -0.3 is 10.1 Å². The first-order valence-corrected chi connectivity index (χ1v) is 6.75. The molecule has 19 heavy (non-hydrogen) atoms. The summed E-state index contributed by atoms with van der Waals surface area (Å²) < 4.78 is 30.5. The number of benzene rings is 1. The maximum atomic E-state index is 12.5. The van der Waals surface area contributed by atoms with E-state index in [0.29, 0.717) is 12.5 Å². The van der Waals surface area contributed by atoms with Crippen molar-refractivity contribution in [2.45, 2.75) is 33.2 Å². The fourth-order valence-electron chi connectivity index (χ4n) is 1.69. The molecule has 0 heterocycles. The lowest BCUT2D eigenvalue weighted by atomic mass is 10.1. The van der Waals surface area contributed by atoms with Gasteiger partial charge in [0.2, 0.25) is 0 Å². The van der Waals surface area contributed by atoms with Crippen LogP contribution in [0.1, 0.15) is 37.8 Å². The summed E-state index contributed by atoms with van der Waals surface area (Å²) in [6.07, 6.45) is -1.47. The minimum atomic E-state index is -2.40. The van der Waals surface area contributed by atoms with Crippen LogP contribution in [-0.2, 0) is 11.3 Å². The second-order valence-corrected chi connectivity index (χ2v) is 5.04. The van der Waals surface area contributed by atoms with Crippen molar-refractivity contribution in [3.8, 4) is 0 Å². The molecule has 0 bridgehead atoms.